The second kappa shape index (κ2) is 11.8. The van der Waals surface area contributed by atoms with Crippen molar-refractivity contribution in [3.8, 4) is 0 Å². The molecule has 0 saturated heterocycles. The zero-order valence-corrected chi connectivity index (χ0v) is 10.3. The summed E-state index contributed by atoms with van der Waals surface area (Å²) in [5, 5.41) is 0. The summed E-state index contributed by atoms with van der Waals surface area (Å²) in [6.07, 6.45) is 17.2. The largest absolute Gasteiger partial charge is 0.466 e. The molecular formula is C14H22O2. The van der Waals surface area contributed by atoms with Crippen LogP contribution in [0.15, 0.2) is 36.5 Å². The highest BCUT2D eigenvalue weighted by Crippen LogP contribution is 1.98. The lowest BCUT2D eigenvalue weighted by atomic mass is 10.2. The molecule has 0 unspecified atom stereocenters. The molecule has 0 amide bonds. The van der Waals surface area contributed by atoms with Crippen LogP contribution in [-0.4, -0.2) is 13.1 Å². The first-order chi connectivity index (χ1) is 7.81. The molecule has 2 heteroatoms. The van der Waals surface area contributed by atoms with Gasteiger partial charge in [-0.25, -0.2) is 4.79 Å². The van der Waals surface area contributed by atoms with Crippen LogP contribution in [0.4, 0.5) is 0 Å². The van der Waals surface area contributed by atoms with Crippen molar-refractivity contribution in [3.63, 3.8) is 0 Å². The summed E-state index contributed by atoms with van der Waals surface area (Å²) in [5.74, 6) is -0.284. The topological polar surface area (TPSA) is 26.3 Å². The summed E-state index contributed by atoms with van der Waals surface area (Å²) in [4.78, 5) is 10.7. The minimum Gasteiger partial charge on any atom is -0.466 e. The van der Waals surface area contributed by atoms with Gasteiger partial charge in [-0.3, -0.25) is 0 Å². The van der Waals surface area contributed by atoms with Crippen molar-refractivity contribution in [2.45, 2.75) is 39.0 Å². The Labute approximate surface area is 98.7 Å². The van der Waals surface area contributed by atoms with Crippen LogP contribution < -0.4 is 0 Å². The van der Waals surface area contributed by atoms with Crippen LogP contribution in [0.3, 0.4) is 0 Å². The van der Waals surface area contributed by atoms with Gasteiger partial charge in [0.25, 0.3) is 0 Å². The number of carbonyl (C=O) groups excluding carboxylic acids is 1. The first-order valence-corrected chi connectivity index (χ1v) is 5.85. The number of unbranched alkanes of at least 4 members (excludes halogenated alkanes) is 2. The molecule has 0 aliphatic heterocycles. The highest BCUT2D eigenvalue weighted by molar-refractivity contribution is 5.81. The van der Waals surface area contributed by atoms with E-state index in [0.717, 1.165) is 32.1 Å². The Morgan fingerprint density at radius 2 is 1.44 bits per heavy atom. The highest BCUT2D eigenvalue weighted by Gasteiger charge is 1.87. The minimum atomic E-state index is -0.284. The van der Waals surface area contributed by atoms with Crippen LogP contribution in [0.1, 0.15) is 39.0 Å². The fraction of sp³-hybridized carbons (Fsp3) is 0.500. The van der Waals surface area contributed by atoms with Gasteiger partial charge >= 0.3 is 5.97 Å². The number of carbonyl (C=O) groups is 1. The minimum absolute atomic E-state index is 0.284. The van der Waals surface area contributed by atoms with Gasteiger partial charge in [-0.15, -0.1) is 0 Å². The van der Waals surface area contributed by atoms with Gasteiger partial charge in [0.1, 0.15) is 0 Å². The van der Waals surface area contributed by atoms with Crippen LogP contribution >= 0.6 is 0 Å². The maximum Gasteiger partial charge on any atom is 0.330 e. The SMILES string of the molecule is CCC=CCCC=CCCC=CC(=O)OC. The second-order valence-electron chi connectivity index (χ2n) is 3.43. The first-order valence-electron chi connectivity index (χ1n) is 5.85. The summed E-state index contributed by atoms with van der Waals surface area (Å²) in [5.41, 5.74) is 0. The van der Waals surface area contributed by atoms with Crippen molar-refractivity contribution < 1.29 is 9.53 Å². The lowest BCUT2D eigenvalue weighted by Crippen LogP contribution is -1.93. The third-order valence-corrected chi connectivity index (χ3v) is 2.02. The van der Waals surface area contributed by atoms with Crippen molar-refractivity contribution in [3.05, 3.63) is 36.5 Å². The van der Waals surface area contributed by atoms with Gasteiger partial charge in [0, 0.05) is 6.08 Å². The standard InChI is InChI=1S/C14H22O2/c1-3-4-5-6-7-8-9-10-11-12-13-14(15)16-2/h4-5,8-9,12-13H,3,6-7,10-11H2,1-2H3. The number of ether oxygens (including phenoxy) is 1. The van der Waals surface area contributed by atoms with E-state index in [4.69, 9.17) is 0 Å². The van der Waals surface area contributed by atoms with Crippen molar-refractivity contribution in [1.29, 1.82) is 0 Å². The van der Waals surface area contributed by atoms with E-state index in [-0.39, 0.29) is 5.97 Å². The van der Waals surface area contributed by atoms with E-state index >= 15 is 0 Å². The van der Waals surface area contributed by atoms with Crippen molar-refractivity contribution in [1.82, 2.24) is 0 Å². The predicted octanol–water partition coefficient (Wildman–Crippen LogP) is 3.80. The molecule has 0 radical (unpaired) electrons. The fourth-order valence-electron chi connectivity index (χ4n) is 1.15. The molecule has 16 heavy (non-hydrogen) atoms. The van der Waals surface area contributed by atoms with Gasteiger partial charge in [-0.2, -0.15) is 0 Å². The molecule has 0 heterocycles. The van der Waals surface area contributed by atoms with Crippen LogP contribution in [0.5, 0.6) is 0 Å². The molecule has 0 aromatic heterocycles. The summed E-state index contributed by atoms with van der Waals surface area (Å²) in [6, 6.07) is 0. The van der Waals surface area contributed by atoms with E-state index in [1.807, 2.05) is 6.08 Å². The van der Waals surface area contributed by atoms with Crippen LogP contribution in [0.2, 0.25) is 0 Å². The zero-order valence-electron chi connectivity index (χ0n) is 10.3. The first kappa shape index (κ1) is 14.7. The lowest BCUT2D eigenvalue weighted by molar-refractivity contribution is -0.134. The third-order valence-electron chi connectivity index (χ3n) is 2.02. The number of esters is 1. The van der Waals surface area contributed by atoms with Gasteiger partial charge < -0.3 is 4.74 Å². The number of hydrogen-bond donors (Lipinski definition) is 0. The average Bonchev–Trinajstić information content (AvgIpc) is 2.31. The summed E-state index contributed by atoms with van der Waals surface area (Å²) in [6.45, 7) is 2.14. The monoisotopic (exact) mass is 222 g/mol. The van der Waals surface area contributed by atoms with Crippen LogP contribution in [0.25, 0.3) is 0 Å². The Kier molecular flexibility index (Phi) is 10.8. The van der Waals surface area contributed by atoms with E-state index in [1.54, 1.807) is 0 Å². The maximum atomic E-state index is 10.7. The Morgan fingerprint density at radius 3 is 1.94 bits per heavy atom. The predicted molar refractivity (Wildman–Crippen MR) is 68.2 cm³/mol. The molecule has 0 spiro atoms. The van der Waals surface area contributed by atoms with Crippen LogP contribution in [0, 0.1) is 0 Å². The molecule has 0 saturated carbocycles. The third kappa shape index (κ3) is 10.8. The van der Waals surface area contributed by atoms with Gasteiger partial charge in [-0.1, -0.05) is 37.3 Å². The molecule has 90 valence electrons. The number of hydrogen-bond acceptors (Lipinski definition) is 2. The molecule has 0 atom stereocenters. The van der Waals surface area contributed by atoms with Gasteiger partial charge in [0.2, 0.25) is 0 Å². The maximum absolute atomic E-state index is 10.7. The molecule has 0 N–H and O–H groups in total. The van der Waals surface area contributed by atoms with Gasteiger partial charge in [-0.05, 0) is 32.1 Å². The molecule has 0 aromatic rings. The Bertz CT molecular complexity index is 249. The van der Waals surface area contributed by atoms with E-state index in [0.29, 0.717) is 0 Å². The average molecular weight is 222 g/mol. The lowest BCUT2D eigenvalue weighted by Gasteiger charge is -1.90. The van der Waals surface area contributed by atoms with Crippen molar-refractivity contribution in [2.75, 3.05) is 7.11 Å². The molecule has 2 nitrogen and oxygen atoms in total. The fourth-order valence-corrected chi connectivity index (χ4v) is 1.15. The smallest absolute Gasteiger partial charge is 0.330 e. The molecule has 0 aromatic carbocycles. The zero-order chi connectivity index (χ0) is 12.1. The molecule has 0 aliphatic rings. The Balaban J connectivity index is 3.37. The van der Waals surface area contributed by atoms with Gasteiger partial charge in [0.15, 0.2) is 0 Å². The summed E-state index contributed by atoms with van der Waals surface area (Å²) in [7, 11) is 1.39. The molecule has 0 aliphatic carbocycles. The second-order valence-corrected chi connectivity index (χ2v) is 3.43. The summed E-state index contributed by atoms with van der Waals surface area (Å²) >= 11 is 0. The molecule has 0 bridgehead atoms. The van der Waals surface area contributed by atoms with E-state index < -0.39 is 0 Å². The number of rotatable bonds is 8. The number of allylic oxidation sites excluding steroid dienone is 5. The Hall–Kier alpha value is -1.31. The Morgan fingerprint density at radius 1 is 0.938 bits per heavy atom. The summed E-state index contributed by atoms with van der Waals surface area (Å²) < 4.78 is 4.48. The molecular weight excluding hydrogens is 200 g/mol. The van der Waals surface area contributed by atoms with Gasteiger partial charge in [0.05, 0.1) is 7.11 Å². The number of methoxy groups -OCH3 is 1. The van der Waals surface area contributed by atoms with E-state index in [9.17, 15) is 4.79 Å². The normalized spacial score (nSPS) is 11.9. The quantitative estimate of drug-likeness (QED) is 0.270. The van der Waals surface area contributed by atoms with Crippen LogP contribution in [-0.2, 0) is 9.53 Å². The van der Waals surface area contributed by atoms with E-state index in [1.165, 1.54) is 13.2 Å². The molecule has 0 rings (SSSR count). The highest BCUT2D eigenvalue weighted by atomic mass is 16.5. The van der Waals surface area contributed by atoms with E-state index in [2.05, 4.69) is 36.0 Å². The van der Waals surface area contributed by atoms with Crippen molar-refractivity contribution >= 4 is 5.97 Å². The van der Waals surface area contributed by atoms with Crippen molar-refractivity contribution in [2.24, 2.45) is 0 Å². The molecule has 0 fully saturated rings.